The molecule has 1 aliphatic rings. The van der Waals surface area contributed by atoms with Gasteiger partial charge in [0.2, 0.25) is 0 Å². The van der Waals surface area contributed by atoms with Crippen LogP contribution in [0.5, 0.6) is 0 Å². The van der Waals surface area contributed by atoms with E-state index >= 15 is 0 Å². The fourth-order valence-corrected chi connectivity index (χ4v) is 2.67. The summed E-state index contributed by atoms with van der Waals surface area (Å²) in [5.41, 5.74) is 0.878. The average Bonchev–Trinajstić information content (AvgIpc) is 2.29. The Hall–Kier alpha value is -0.0400. The Morgan fingerprint density at radius 1 is 0.800 bits per heavy atom. The number of hydrogen-bond donors (Lipinski definition) is 0. The molecule has 1 saturated heterocycles. The Bertz CT molecular complexity index is 172. The number of rotatable bonds is 2. The van der Waals surface area contributed by atoms with E-state index < -0.39 is 0 Å². The number of ether oxygens (including phenoxy) is 1. The molecule has 1 heterocycles. The van der Waals surface area contributed by atoms with E-state index in [9.17, 15) is 0 Å². The molecular formula is C14H28O. The van der Waals surface area contributed by atoms with Crippen molar-refractivity contribution in [3.63, 3.8) is 0 Å². The first-order valence-corrected chi connectivity index (χ1v) is 6.25. The molecule has 1 nitrogen and oxygen atoms in total. The van der Waals surface area contributed by atoms with Gasteiger partial charge in [0, 0.05) is 13.2 Å². The predicted octanol–water partition coefficient (Wildman–Crippen LogP) is 4.12. The standard InChI is InChI=1S/C14H28O/c1-13(2,3)7-11-9-15-10-12(11)8-14(4,5)6/h11-12H,7-10H2,1-6H3/t11-,12-/m1/s1. The zero-order valence-electron chi connectivity index (χ0n) is 11.4. The lowest BCUT2D eigenvalue weighted by atomic mass is 9.74. The molecule has 1 heteroatoms. The van der Waals surface area contributed by atoms with E-state index in [1.54, 1.807) is 0 Å². The fraction of sp³-hybridized carbons (Fsp3) is 1.00. The summed E-state index contributed by atoms with van der Waals surface area (Å²) in [5.74, 6) is 1.56. The van der Waals surface area contributed by atoms with E-state index in [4.69, 9.17) is 4.74 Å². The molecule has 0 bridgehead atoms. The molecule has 0 saturated carbocycles. The maximum Gasteiger partial charge on any atom is 0.0498 e. The van der Waals surface area contributed by atoms with Gasteiger partial charge in [0.05, 0.1) is 0 Å². The lowest BCUT2D eigenvalue weighted by Crippen LogP contribution is -2.23. The Morgan fingerprint density at radius 3 is 1.40 bits per heavy atom. The SMILES string of the molecule is CC(C)(C)C[C@@H]1COC[C@H]1CC(C)(C)C. The van der Waals surface area contributed by atoms with Crippen LogP contribution in [-0.2, 0) is 4.74 Å². The summed E-state index contributed by atoms with van der Waals surface area (Å²) in [7, 11) is 0. The highest BCUT2D eigenvalue weighted by atomic mass is 16.5. The Kier molecular flexibility index (Phi) is 3.86. The molecule has 0 aromatic heterocycles. The predicted molar refractivity (Wildman–Crippen MR) is 65.9 cm³/mol. The average molecular weight is 212 g/mol. The molecule has 15 heavy (non-hydrogen) atoms. The van der Waals surface area contributed by atoms with Gasteiger partial charge in [0.15, 0.2) is 0 Å². The highest BCUT2D eigenvalue weighted by molar-refractivity contribution is 4.82. The van der Waals surface area contributed by atoms with Gasteiger partial charge < -0.3 is 4.74 Å². The van der Waals surface area contributed by atoms with Crippen molar-refractivity contribution in [1.29, 1.82) is 0 Å². The molecular weight excluding hydrogens is 184 g/mol. The van der Waals surface area contributed by atoms with Crippen molar-refractivity contribution in [3.05, 3.63) is 0 Å². The molecule has 1 rings (SSSR count). The van der Waals surface area contributed by atoms with Gasteiger partial charge in [-0.1, -0.05) is 41.5 Å². The second-order valence-corrected chi connectivity index (χ2v) is 7.59. The minimum Gasteiger partial charge on any atom is -0.381 e. The second-order valence-electron chi connectivity index (χ2n) is 7.59. The van der Waals surface area contributed by atoms with Crippen molar-refractivity contribution >= 4 is 0 Å². The van der Waals surface area contributed by atoms with Gasteiger partial charge in [0.25, 0.3) is 0 Å². The molecule has 90 valence electrons. The molecule has 0 aromatic rings. The quantitative estimate of drug-likeness (QED) is 0.669. The molecule has 0 radical (unpaired) electrons. The van der Waals surface area contributed by atoms with Crippen LogP contribution in [0.4, 0.5) is 0 Å². The smallest absolute Gasteiger partial charge is 0.0498 e. The van der Waals surface area contributed by atoms with Crippen molar-refractivity contribution < 1.29 is 4.74 Å². The molecule has 1 fully saturated rings. The molecule has 0 unspecified atom stereocenters. The van der Waals surface area contributed by atoms with E-state index in [1.807, 2.05) is 0 Å². The molecule has 0 aromatic carbocycles. The summed E-state index contributed by atoms with van der Waals surface area (Å²) < 4.78 is 5.66. The first-order valence-electron chi connectivity index (χ1n) is 6.25. The highest BCUT2D eigenvalue weighted by Crippen LogP contribution is 2.38. The van der Waals surface area contributed by atoms with Crippen molar-refractivity contribution in [2.45, 2.75) is 54.4 Å². The highest BCUT2D eigenvalue weighted by Gasteiger charge is 2.33. The third-order valence-electron chi connectivity index (χ3n) is 3.08. The monoisotopic (exact) mass is 212 g/mol. The first kappa shape index (κ1) is 13.0. The largest absolute Gasteiger partial charge is 0.381 e. The van der Waals surface area contributed by atoms with Crippen LogP contribution in [0, 0.1) is 22.7 Å². The van der Waals surface area contributed by atoms with E-state index in [-0.39, 0.29) is 0 Å². The van der Waals surface area contributed by atoms with Crippen molar-refractivity contribution in [2.24, 2.45) is 22.7 Å². The molecule has 0 spiro atoms. The lowest BCUT2D eigenvalue weighted by molar-refractivity contribution is 0.170. The Balaban J connectivity index is 2.50. The zero-order chi connectivity index (χ0) is 11.7. The van der Waals surface area contributed by atoms with Crippen LogP contribution in [0.1, 0.15) is 54.4 Å². The van der Waals surface area contributed by atoms with Crippen molar-refractivity contribution in [2.75, 3.05) is 13.2 Å². The maximum atomic E-state index is 5.66. The van der Waals surface area contributed by atoms with Crippen LogP contribution in [0.25, 0.3) is 0 Å². The van der Waals surface area contributed by atoms with Gasteiger partial charge in [-0.05, 0) is 35.5 Å². The van der Waals surface area contributed by atoms with Gasteiger partial charge in [-0.25, -0.2) is 0 Å². The third kappa shape index (κ3) is 5.01. The zero-order valence-corrected chi connectivity index (χ0v) is 11.4. The summed E-state index contributed by atoms with van der Waals surface area (Å²) >= 11 is 0. The fourth-order valence-electron chi connectivity index (χ4n) is 2.67. The maximum absolute atomic E-state index is 5.66. The van der Waals surface area contributed by atoms with Crippen LogP contribution in [0.2, 0.25) is 0 Å². The minimum atomic E-state index is 0.439. The topological polar surface area (TPSA) is 9.23 Å². The first-order chi connectivity index (χ1) is 6.67. The van der Waals surface area contributed by atoms with Gasteiger partial charge >= 0.3 is 0 Å². The van der Waals surface area contributed by atoms with Crippen LogP contribution in [-0.4, -0.2) is 13.2 Å². The summed E-state index contributed by atoms with van der Waals surface area (Å²) in [6, 6.07) is 0. The summed E-state index contributed by atoms with van der Waals surface area (Å²) in [6.07, 6.45) is 2.60. The summed E-state index contributed by atoms with van der Waals surface area (Å²) in [5, 5.41) is 0. The van der Waals surface area contributed by atoms with Gasteiger partial charge in [-0.3, -0.25) is 0 Å². The molecule has 0 N–H and O–H groups in total. The second kappa shape index (κ2) is 4.45. The third-order valence-corrected chi connectivity index (χ3v) is 3.08. The number of hydrogen-bond acceptors (Lipinski definition) is 1. The van der Waals surface area contributed by atoms with Crippen molar-refractivity contribution in [1.82, 2.24) is 0 Å². The molecule has 0 amide bonds. The molecule has 1 aliphatic heterocycles. The lowest BCUT2D eigenvalue weighted by Gasteiger charge is -2.30. The summed E-state index contributed by atoms with van der Waals surface area (Å²) in [6.45, 7) is 16.0. The minimum absolute atomic E-state index is 0.439. The van der Waals surface area contributed by atoms with Gasteiger partial charge in [-0.2, -0.15) is 0 Å². The van der Waals surface area contributed by atoms with E-state index in [1.165, 1.54) is 12.8 Å². The Labute approximate surface area is 95.6 Å². The van der Waals surface area contributed by atoms with Crippen LogP contribution in [0.15, 0.2) is 0 Å². The summed E-state index contributed by atoms with van der Waals surface area (Å²) in [4.78, 5) is 0. The van der Waals surface area contributed by atoms with Crippen LogP contribution >= 0.6 is 0 Å². The van der Waals surface area contributed by atoms with Crippen LogP contribution < -0.4 is 0 Å². The van der Waals surface area contributed by atoms with E-state index in [2.05, 4.69) is 41.5 Å². The molecule has 2 atom stereocenters. The van der Waals surface area contributed by atoms with Gasteiger partial charge in [0.1, 0.15) is 0 Å². The van der Waals surface area contributed by atoms with Crippen molar-refractivity contribution in [3.8, 4) is 0 Å². The normalized spacial score (nSPS) is 28.4. The molecule has 0 aliphatic carbocycles. The van der Waals surface area contributed by atoms with Crippen LogP contribution in [0.3, 0.4) is 0 Å². The van der Waals surface area contributed by atoms with E-state index in [0.29, 0.717) is 10.8 Å². The van der Waals surface area contributed by atoms with E-state index in [0.717, 1.165) is 25.0 Å². The van der Waals surface area contributed by atoms with Gasteiger partial charge in [-0.15, -0.1) is 0 Å². The Morgan fingerprint density at radius 2 is 1.13 bits per heavy atom.